The highest BCUT2D eigenvalue weighted by Crippen LogP contribution is 1.79. The van der Waals surface area contributed by atoms with Gasteiger partial charge >= 0.3 is 0 Å². The molecule has 0 bridgehead atoms. The first-order valence-corrected chi connectivity index (χ1v) is 2.53. The Morgan fingerprint density at radius 1 is 1.50 bits per heavy atom. The fourth-order valence-corrected chi connectivity index (χ4v) is 0.279. The SMILES string of the molecule is CNNCC(C)(N)N. The van der Waals surface area contributed by atoms with Crippen LogP contribution in [0, 0.1) is 0 Å². The molecule has 0 amide bonds. The molecule has 0 aliphatic heterocycles. The number of rotatable bonds is 3. The standard InChI is InChI=1S/C4H14N4/c1-4(5,6)3-8-7-2/h7-8H,3,5-6H2,1-2H3. The largest absolute Gasteiger partial charge is 0.313 e. The van der Waals surface area contributed by atoms with Crippen LogP contribution in [0.1, 0.15) is 6.92 Å². The molecule has 0 saturated carbocycles. The molecule has 6 N–H and O–H groups in total. The lowest BCUT2D eigenvalue weighted by Crippen LogP contribution is -2.55. The third-order valence-corrected chi connectivity index (χ3v) is 0.646. The van der Waals surface area contributed by atoms with E-state index in [1.165, 1.54) is 0 Å². The molecule has 4 heteroatoms. The lowest BCUT2D eigenvalue weighted by atomic mass is 10.2. The van der Waals surface area contributed by atoms with Crippen molar-refractivity contribution in [3.05, 3.63) is 0 Å². The molecule has 0 aromatic rings. The van der Waals surface area contributed by atoms with Crippen molar-refractivity contribution in [3.8, 4) is 0 Å². The summed E-state index contributed by atoms with van der Waals surface area (Å²) in [6.45, 7) is 2.31. The second-order valence-corrected chi connectivity index (χ2v) is 2.11. The smallest absolute Gasteiger partial charge is 0.0750 e. The van der Waals surface area contributed by atoms with Crippen molar-refractivity contribution in [2.75, 3.05) is 13.6 Å². The molecule has 8 heavy (non-hydrogen) atoms. The van der Waals surface area contributed by atoms with Crippen LogP contribution in [0.25, 0.3) is 0 Å². The lowest BCUT2D eigenvalue weighted by Gasteiger charge is -2.17. The highest BCUT2D eigenvalue weighted by molar-refractivity contribution is 4.70. The summed E-state index contributed by atoms with van der Waals surface area (Å²) in [6.07, 6.45) is 0. The Balaban J connectivity index is 3.11. The van der Waals surface area contributed by atoms with E-state index in [0.717, 1.165) is 0 Å². The summed E-state index contributed by atoms with van der Waals surface area (Å²) in [5, 5.41) is 0. The minimum atomic E-state index is -0.622. The summed E-state index contributed by atoms with van der Waals surface area (Å²) in [5.74, 6) is 0. The van der Waals surface area contributed by atoms with Gasteiger partial charge in [0.15, 0.2) is 0 Å². The molecule has 0 unspecified atom stereocenters. The molecule has 0 aliphatic rings. The van der Waals surface area contributed by atoms with E-state index in [-0.39, 0.29) is 0 Å². The number of nitrogens with one attached hydrogen (secondary N) is 2. The molecule has 0 aromatic carbocycles. The second-order valence-electron chi connectivity index (χ2n) is 2.11. The first-order chi connectivity index (χ1) is 3.56. The topological polar surface area (TPSA) is 76.1 Å². The van der Waals surface area contributed by atoms with Crippen LogP contribution >= 0.6 is 0 Å². The zero-order valence-corrected chi connectivity index (χ0v) is 5.36. The molecule has 0 rings (SSSR count). The Bertz CT molecular complexity index is 55.5. The van der Waals surface area contributed by atoms with Gasteiger partial charge in [-0.15, -0.1) is 0 Å². The van der Waals surface area contributed by atoms with Gasteiger partial charge in [0.2, 0.25) is 0 Å². The Hall–Kier alpha value is -0.160. The number of hydrogen-bond donors (Lipinski definition) is 4. The van der Waals surface area contributed by atoms with E-state index in [4.69, 9.17) is 11.5 Å². The van der Waals surface area contributed by atoms with Gasteiger partial charge in [0.1, 0.15) is 0 Å². The number of nitrogens with two attached hydrogens (primary N) is 2. The Kier molecular flexibility index (Phi) is 2.93. The summed E-state index contributed by atoms with van der Waals surface area (Å²) in [7, 11) is 1.77. The third kappa shape index (κ3) is 5.84. The average Bonchev–Trinajstić information content (AvgIpc) is 1.59. The predicted molar refractivity (Wildman–Crippen MR) is 33.8 cm³/mol. The van der Waals surface area contributed by atoms with E-state index >= 15 is 0 Å². The predicted octanol–water partition coefficient (Wildman–Crippen LogP) is -1.66. The first-order valence-electron chi connectivity index (χ1n) is 2.53. The molecule has 0 aromatic heterocycles. The average molecular weight is 118 g/mol. The van der Waals surface area contributed by atoms with E-state index < -0.39 is 5.66 Å². The van der Waals surface area contributed by atoms with Gasteiger partial charge < -0.3 is 11.5 Å². The zero-order valence-electron chi connectivity index (χ0n) is 5.36. The van der Waals surface area contributed by atoms with E-state index in [0.29, 0.717) is 6.54 Å². The Morgan fingerprint density at radius 2 is 2.00 bits per heavy atom. The summed E-state index contributed by atoms with van der Waals surface area (Å²) in [5.41, 5.74) is 15.7. The van der Waals surface area contributed by atoms with Crippen LogP contribution in [0.4, 0.5) is 0 Å². The van der Waals surface area contributed by atoms with Gasteiger partial charge in [-0.2, -0.15) is 0 Å². The zero-order chi connectivity index (χ0) is 6.62. The van der Waals surface area contributed by atoms with Gasteiger partial charge in [0.25, 0.3) is 0 Å². The van der Waals surface area contributed by atoms with Crippen LogP contribution in [-0.2, 0) is 0 Å². The van der Waals surface area contributed by atoms with Gasteiger partial charge in [-0.3, -0.25) is 10.9 Å². The summed E-state index contributed by atoms with van der Waals surface area (Å²) in [4.78, 5) is 0. The Labute approximate surface area is 49.6 Å². The molecule has 4 nitrogen and oxygen atoms in total. The normalized spacial score (nSPS) is 12.0. The highest BCUT2D eigenvalue weighted by Gasteiger charge is 2.07. The second kappa shape index (κ2) is 2.99. The molecule has 0 radical (unpaired) electrons. The maximum absolute atomic E-state index is 5.40. The molecule has 50 valence electrons. The molecule has 0 spiro atoms. The van der Waals surface area contributed by atoms with Crippen LogP contribution in [0.15, 0.2) is 0 Å². The van der Waals surface area contributed by atoms with Crippen molar-refractivity contribution >= 4 is 0 Å². The lowest BCUT2D eigenvalue weighted by molar-refractivity contribution is 0.419. The molecule has 0 saturated heterocycles. The van der Waals surface area contributed by atoms with Crippen LogP contribution in [-0.4, -0.2) is 19.3 Å². The van der Waals surface area contributed by atoms with E-state index in [1.54, 1.807) is 14.0 Å². The van der Waals surface area contributed by atoms with Gasteiger partial charge in [0, 0.05) is 6.54 Å². The fraction of sp³-hybridized carbons (Fsp3) is 1.00. The van der Waals surface area contributed by atoms with E-state index in [9.17, 15) is 0 Å². The first kappa shape index (κ1) is 7.84. The van der Waals surface area contributed by atoms with Crippen LogP contribution < -0.4 is 22.3 Å². The summed E-state index contributed by atoms with van der Waals surface area (Å²) in [6, 6.07) is 0. The van der Waals surface area contributed by atoms with E-state index in [1.807, 2.05) is 0 Å². The minimum absolute atomic E-state index is 0.559. The van der Waals surface area contributed by atoms with E-state index in [2.05, 4.69) is 10.9 Å². The molecule has 0 fully saturated rings. The van der Waals surface area contributed by atoms with Crippen molar-refractivity contribution in [3.63, 3.8) is 0 Å². The maximum Gasteiger partial charge on any atom is 0.0750 e. The van der Waals surface area contributed by atoms with Crippen molar-refractivity contribution in [2.24, 2.45) is 11.5 Å². The maximum atomic E-state index is 5.40. The number of hydrogen-bond acceptors (Lipinski definition) is 4. The van der Waals surface area contributed by atoms with Crippen molar-refractivity contribution in [1.29, 1.82) is 0 Å². The molecule has 0 atom stereocenters. The minimum Gasteiger partial charge on any atom is -0.313 e. The van der Waals surface area contributed by atoms with Gasteiger partial charge in [-0.05, 0) is 14.0 Å². The van der Waals surface area contributed by atoms with Gasteiger partial charge in [0.05, 0.1) is 5.66 Å². The van der Waals surface area contributed by atoms with Crippen LogP contribution in [0.5, 0.6) is 0 Å². The molecule has 0 aliphatic carbocycles. The molecular formula is C4H14N4. The molecular weight excluding hydrogens is 104 g/mol. The number of hydrazine groups is 1. The third-order valence-electron chi connectivity index (χ3n) is 0.646. The van der Waals surface area contributed by atoms with Gasteiger partial charge in [-0.1, -0.05) is 0 Å². The van der Waals surface area contributed by atoms with Crippen molar-refractivity contribution in [2.45, 2.75) is 12.6 Å². The molecule has 0 heterocycles. The summed E-state index contributed by atoms with van der Waals surface area (Å²) >= 11 is 0. The van der Waals surface area contributed by atoms with Gasteiger partial charge in [-0.25, -0.2) is 0 Å². The monoisotopic (exact) mass is 118 g/mol. The quantitative estimate of drug-likeness (QED) is 0.264. The summed E-state index contributed by atoms with van der Waals surface area (Å²) < 4.78 is 0. The highest BCUT2D eigenvalue weighted by atomic mass is 15.3. The van der Waals surface area contributed by atoms with Crippen LogP contribution in [0.2, 0.25) is 0 Å². The Morgan fingerprint density at radius 3 is 2.12 bits per heavy atom. The van der Waals surface area contributed by atoms with Crippen molar-refractivity contribution in [1.82, 2.24) is 10.9 Å². The van der Waals surface area contributed by atoms with Crippen LogP contribution in [0.3, 0.4) is 0 Å². The fourth-order valence-electron chi connectivity index (χ4n) is 0.279. The van der Waals surface area contributed by atoms with Crippen molar-refractivity contribution < 1.29 is 0 Å².